The van der Waals surface area contributed by atoms with Crippen LogP contribution in [0.3, 0.4) is 0 Å². The molecular weight excluding hydrogens is 230 g/mol. The van der Waals surface area contributed by atoms with Crippen LogP contribution in [0.2, 0.25) is 0 Å². The van der Waals surface area contributed by atoms with E-state index in [1.807, 2.05) is 0 Å². The average molecular weight is 239 g/mol. The number of aryl methyl sites for hydroxylation is 1. The van der Waals surface area contributed by atoms with Gasteiger partial charge in [0, 0.05) is 5.56 Å². The first-order valence-corrected chi connectivity index (χ1v) is 5.46. The summed E-state index contributed by atoms with van der Waals surface area (Å²) in [7, 11) is 0. The van der Waals surface area contributed by atoms with E-state index in [2.05, 4.69) is 15.2 Å². The zero-order valence-corrected chi connectivity index (χ0v) is 9.24. The van der Waals surface area contributed by atoms with Gasteiger partial charge in [-0.1, -0.05) is 11.8 Å². The molecule has 0 aliphatic carbocycles. The van der Waals surface area contributed by atoms with Crippen molar-refractivity contribution < 1.29 is 14.3 Å². The number of nitrogens with one attached hydrogen (secondary N) is 1. The van der Waals surface area contributed by atoms with Crippen LogP contribution in [0.25, 0.3) is 0 Å². The number of aromatic carboxylic acids is 1. The molecular formula is C9H9N3O3S. The van der Waals surface area contributed by atoms with Crippen molar-refractivity contribution in [3.8, 4) is 0 Å². The van der Waals surface area contributed by atoms with Crippen molar-refractivity contribution in [1.82, 2.24) is 15.2 Å². The quantitative estimate of drug-likeness (QED) is 0.789. The lowest BCUT2D eigenvalue weighted by Crippen LogP contribution is -1.94. The first-order valence-electron chi connectivity index (χ1n) is 4.47. The predicted octanol–water partition coefficient (Wildman–Crippen LogP) is 1.70. The summed E-state index contributed by atoms with van der Waals surface area (Å²) < 4.78 is 5.19. The normalized spacial score (nSPS) is 10.6. The SMILES string of the molecule is Cc1cc(CSc2ncn[nH]2)oc1C(=O)O. The molecule has 0 bridgehead atoms. The number of thioether (sulfide) groups is 1. The molecule has 0 aromatic carbocycles. The fourth-order valence-electron chi connectivity index (χ4n) is 1.23. The molecule has 0 fully saturated rings. The number of rotatable bonds is 4. The number of nitrogens with zero attached hydrogens (tertiary/aromatic N) is 2. The molecule has 16 heavy (non-hydrogen) atoms. The minimum absolute atomic E-state index is 0.00632. The van der Waals surface area contributed by atoms with Gasteiger partial charge in [0.1, 0.15) is 12.1 Å². The topological polar surface area (TPSA) is 92.0 Å². The van der Waals surface area contributed by atoms with Gasteiger partial charge in [0.05, 0.1) is 5.75 Å². The largest absolute Gasteiger partial charge is 0.475 e. The van der Waals surface area contributed by atoms with Crippen molar-refractivity contribution in [3.05, 3.63) is 29.5 Å². The minimum atomic E-state index is -1.05. The molecule has 2 heterocycles. The molecule has 6 nitrogen and oxygen atoms in total. The molecule has 0 radical (unpaired) electrons. The molecule has 2 aromatic heterocycles. The van der Waals surface area contributed by atoms with E-state index in [4.69, 9.17) is 9.52 Å². The standard InChI is InChI=1S/C9H9N3O3S/c1-5-2-6(15-7(5)8(13)14)3-16-9-10-4-11-12-9/h2,4H,3H2,1H3,(H,13,14)(H,10,11,12). The third kappa shape index (κ3) is 2.25. The summed E-state index contributed by atoms with van der Waals surface area (Å²) in [4.78, 5) is 14.7. The summed E-state index contributed by atoms with van der Waals surface area (Å²) >= 11 is 1.40. The molecule has 2 rings (SSSR count). The van der Waals surface area contributed by atoms with Crippen LogP contribution in [0.15, 0.2) is 22.0 Å². The highest BCUT2D eigenvalue weighted by Crippen LogP contribution is 2.22. The third-order valence-corrected chi connectivity index (χ3v) is 2.81. The predicted molar refractivity (Wildman–Crippen MR) is 56.3 cm³/mol. The van der Waals surface area contributed by atoms with E-state index in [0.717, 1.165) is 0 Å². The number of hydrogen-bond acceptors (Lipinski definition) is 5. The van der Waals surface area contributed by atoms with Crippen molar-refractivity contribution in [1.29, 1.82) is 0 Å². The van der Waals surface area contributed by atoms with Gasteiger partial charge < -0.3 is 9.52 Å². The highest BCUT2D eigenvalue weighted by atomic mass is 32.2. The number of H-pyrrole nitrogens is 1. The number of carbonyl (C=O) groups is 1. The van der Waals surface area contributed by atoms with E-state index in [0.29, 0.717) is 22.2 Å². The van der Waals surface area contributed by atoms with Gasteiger partial charge in [-0.2, -0.15) is 5.10 Å². The Bertz CT molecular complexity index is 492. The monoisotopic (exact) mass is 239 g/mol. The Morgan fingerprint density at radius 1 is 1.69 bits per heavy atom. The molecule has 0 atom stereocenters. The van der Waals surface area contributed by atoms with Crippen LogP contribution in [0.1, 0.15) is 21.9 Å². The molecule has 0 aliphatic heterocycles. The summed E-state index contributed by atoms with van der Waals surface area (Å²) in [6.45, 7) is 1.70. The summed E-state index contributed by atoms with van der Waals surface area (Å²) in [5.41, 5.74) is 0.626. The molecule has 0 aliphatic rings. The van der Waals surface area contributed by atoms with Crippen LogP contribution in [0.4, 0.5) is 0 Å². The van der Waals surface area contributed by atoms with Gasteiger partial charge in [0.25, 0.3) is 0 Å². The highest BCUT2D eigenvalue weighted by Gasteiger charge is 2.14. The molecule has 2 N–H and O–H groups in total. The Morgan fingerprint density at radius 3 is 3.06 bits per heavy atom. The van der Waals surface area contributed by atoms with Gasteiger partial charge in [-0.25, -0.2) is 9.78 Å². The van der Waals surface area contributed by atoms with Crippen LogP contribution in [-0.4, -0.2) is 26.3 Å². The van der Waals surface area contributed by atoms with E-state index in [9.17, 15) is 4.79 Å². The number of aromatic nitrogens is 3. The van der Waals surface area contributed by atoms with Gasteiger partial charge in [0.15, 0.2) is 5.16 Å². The van der Waals surface area contributed by atoms with Crippen LogP contribution in [0.5, 0.6) is 0 Å². The lowest BCUT2D eigenvalue weighted by Gasteiger charge is -1.92. The Kier molecular flexibility index (Phi) is 2.95. The lowest BCUT2D eigenvalue weighted by atomic mass is 10.3. The average Bonchev–Trinajstić information content (AvgIpc) is 2.83. The molecule has 84 valence electrons. The molecule has 0 saturated heterocycles. The molecule has 0 amide bonds. The fraction of sp³-hybridized carbons (Fsp3) is 0.222. The number of hydrogen-bond donors (Lipinski definition) is 2. The second-order valence-electron chi connectivity index (χ2n) is 3.11. The summed E-state index contributed by atoms with van der Waals surface area (Å²) in [5, 5.41) is 15.9. The molecule has 0 spiro atoms. The third-order valence-electron chi connectivity index (χ3n) is 1.91. The minimum Gasteiger partial charge on any atom is -0.475 e. The van der Waals surface area contributed by atoms with Crippen LogP contribution in [0, 0.1) is 6.92 Å². The summed E-state index contributed by atoms with van der Waals surface area (Å²) in [5.74, 6) is 0.0708. The van der Waals surface area contributed by atoms with Crippen LogP contribution >= 0.6 is 11.8 Å². The van der Waals surface area contributed by atoms with E-state index < -0.39 is 5.97 Å². The highest BCUT2D eigenvalue weighted by molar-refractivity contribution is 7.98. The van der Waals surface area contributed by atoms with Gasteiger partial charge in [-0.3, -0.25) is 5.10 Å². The second kappa shape index (κ2) is 4.40. The van der Waals surface area contributed by atoms with Gasteiger partial charge in [-0.15, -0.1) is 0 Å². The number of furan rings is 1. The zero-order chi connectivity index (χ0) is 11.5. The summed E-state index contributed by atoms with van der Waals surface area (Å²) in [6.07, 6.45) is 1.42. The molecule has 2 aromatic rings. The first kappa shape index (κ1) is 10.7. The smallest absolute Gasteiger partial charge is 0.372 e. The van der Waals surface area contributed by atoms with E-state index >= 15 is 0 Å². The van der Waals surface area contributed by atoms with E-state index in [1.165, 1.54) is 18.1 Å². The van der Waals surface area contributed by atoms with Crippen molar-refractivity contribution >= 4 is 17.7 Å². The van der Waals surface area contributed by atoms with E-state index in [1.54, 1.807) is 13.0 Å². The lowest BCUT2D eigenvalue weighted by molar-refractivity contribution is 0.0659. The van der Waals surface area contributed by atoms with Crippen LogP contribution in [-0.2, 0) is 5.75 Å². The maximum Gasteiger partial charge on any atom is 0.372 e. The fourth-order valence-corrected chi connectivity index (χ4v) is 1.89. The Hall–Kier alpha value is -1.76. The maximum absolute atomic E-state index is 10.7. The molecule has 0 saturated carbocycles. The second-order valence-corrected chi connectivity index (χ2v) is 4.07. The van der Waals surface area contributed by atoms with Gasteiger partial charge in [-0.05, 0) is 13.0 Å². The molecule has 0 unspecified atom stereocenters. The van der Waals surface area contributed by atoms with Crippen LogP contribution < -0.4 is 0 Å². The Labute approximate surface area is 95.1 Å². The zero-order valence-electron chi connectivity index (χ0n) is 8.43. The Balaban J connectivity index is 2.05. The molecule has 7 heteroatoms. The van der Waals surface area contributed by atoms with Crippen molar-refractivity contribution in [2.24, 2.45) is 0 Å². The number of aromatic amines is 1. The first-order chi connectivity index (χ1) is 7.66. The van der Waals surface area contributed by atoms with E-state index in [-0.39, 0.29) is 5.76 Å². The van der Waals surface area contributed by atoms with Crippen molar-refractivity contribution in [2.45, 2.75) is 17.8 Å². The Morgan fingerprint density at radius 2 is 2.50 bits per heavy atom. The van der Waals surface area contributed by atoms with Gasteiger partial charge >= 0.3 is 5.97 Å². The summed E-state index contributed by atoms with van der Waals surface area (Å²) in [6, 6.07) is 1.72. The number of carboxylic acid groups (broad SMARTS) is 1. The maximum atomic E-state index is 10.7. The van der Waals surface area contributed by atoms with Crippen molar-refractivity contribution in [2.75, 3.05) is 0 Å². The number of carboxylic acids is 1. The van der Waals surface area contributed by atoms with Gasteiger partial charge in [0.2, 0.25) is 5.76 Å². The van der Waals surface area contributed by atoms with Crippen molar-refractivity contribution in [3.63, 3.8) is 0 Å².